The second-order valence-electron chi connectivity index (χ2n) is 8.98. The number of amides is 2. The molecule has 0 aliphatic heterocycles. The molecule has 1 aromatic carbocycles. The Balaban J connectivity index is 1.14. The van der Waals surface area contributed by atoms with Gasteiger partial charge in [0, 0.05) is 16.7 Å². The van der Waals surface area contributed by atoms with Gasteiger partial charge in [-0.2, -0.15) is 5.10 Å². The molecule has 0 radical (unpaired) electrons. The van der Waals surface area contributed by atoms with Crippen molar-refractivity contribution in [3.63, 3.8) is 0 Å². The van der Waals surface area contributed by atoms with Crippen LogP contribution in [0.5, 0.6) is 5.88 Å². The number of nitrogens with one attached hydrogen (secondary N) is 1. The molecule has 0 bridgehead atoms. The van der Waals surface area contributed by atoms with E-state index >= 15 is 0 Å². The molecule has 8 nitrogen and oxygen atoms in total. The van der Waals surface area contributed by atoms with Crippen molar-refractivity contribution in [2.45, 2.75) is 44.8 Å². The minimum atomic E-state index is -0.544. The molecule has 0 atom stereocenters. The zero-order chi connectivity index (χ0) is 23.2. The largest absolute Gasteiger partial charge is 0.474 e. The molecular weight excluding hydrogens is 486 g/mol. The standard InChI is InChI=1S/C24H24BrN5O3/c1-14-20(13-28-30(14)17-6-4-15(25)5-7-17)22(32)29-16-9-24(10-16)11-18(12-24)33-23-19(21(26)31)3-2-8-27-23/h2-8,13,16,18H,9-12H2,1H3,(H2,26,31)(H,29,32). The molecule has 2 aliphatic rings. The fourth-order valence-corrected chi connectivity index (χ4v) is 5.24. The van der Waals surface area contributed by atoms with E-state index in [2.05, 4.69) is 31.3 Å². The van der Waals surface area contributed by atoms with Crippen molar-refractivity contribution in [1.29, 1.82) is 0 Å². The number of carbonyl (C=O) groups excluding carboxylic acids is 2. The lowest BCUT2D eigenvalue weighted by atomic mass is 9.53. The zero-order valence-corrected chi connectivity index (χ0v) is 19.7. The summed E-state index contributed by atoms with van der Waals surface area (Å²) in [4.78, 5) is 28.5. The van der Waals surface area contributed by atoms with Crippen LogP contribution in [0.25, 0.3) is 5.69 Å². The number of hydrogen-bond acceptors (Lipinski definition) is 5. The number of pyridine rings is 1. The van der Waals surface area contributed by atoms with Gasteiger partial charge >= 0.3 is 0 Å². The van der Waals surface area contributed by atoms with Gasteiger partial charge in [0.2, 0.25) is 5.88 Å². The van der Waals surface area contributed by atoms with Crippen LogP contribution in [0.4, 0.5) is 0 Å². The topological polar surface area (TPSA) is 112 Å². The third-order valence-corrected chi connectivity index (χ3v) is 7.18. The van der Waals surface area contributed by atoms with E-state index < -0.39 is 5.91 Å². The van der Waals surface area contributed by atoms with Crippen LogP contribution in [0, 0.1) is 12.3 Å². The van der Waals surface area contributed by atoms with Crippen LogP contribution >= 0.6 is 15.9 Å². The van der Waals surface area contributed by atoms with Gasteiger partial charge in [-0.25, -0.2) is 9.67 Å². The minimum Gasteiger partial charge on any atom is -0.474 e. The van der Waals surface area contributed by atoms with E-state index in [1.54, 1.807) is 29.2 Å². The van der Waals surface area contributed by atoms with Crippen molar-refractivity contribution >= 4 is 27.7 Å². The molecule has 2 aliphatic carbocycles. The summed E-state index contributed by atoms with van der Waals surface area (Å²) in [6.07, 6.45) is 6.83. The number of ether oxygens (including phenoxy) is 1. The van der Waals surface area contributed by atoms with Gasteiger partial charge in [-0.15, -0.1) is 0 Å². The molecule has 2 heterocycles. The van der Waals surface area contributed by atoms with E-state index in [9.17, 15) is 9.59 Å². The lowest BCUT2D eigenvalue weighted by Crippen LogP contribution is -2.58. The van der Waals surface area contributed by atoms with Gasteiger partial charge in [-0.3, -0.25) is 9.59 Å². The van der Waals surface area contributed by atoms with Gasteiger partial charge in [0.1, 0.15) is 11.7 Å². The number of nitrogens with zero attached hydrogens (tertiary/aromatic N) is 3. The van der Waals surface area contributed by atoms with Crippen molar-refractivity contribution in [2.24, 2.45) is 11.1 Å². The van der Waals surface area contributed by atoms with Crippen LogP contribution in [0.3, 0.4) is 0 Å². The Morgan fingerprint density at radius 1 is 1.15 bits per heavy atom. The van der Waals surface area contributed by atoms with E-state index in [-0.39, 0.29) is 23.5 Å². The molecule has 0 unspecified atom stereocenters. The maximum atomic E-state index is 12.8. The first-order chi connectivity index (χ1) is 15.8. The number of aromatic nitrogens is 3. The molecule has 33 heavy (non-hydrogen) atoms. The van der Waals surface area contributed by atoms with Gasteiger partial charge in [0.05, 0.1) is 23.1 Å². The second-order valence-corrected chi connectivity index (χ2v) is 9.89. The monoisotopic (exact) mass is 509 g/mol. The fourth-order valence-electron chi connectivity index (χ4n) is 4.98. The Labute approximate surface area is 199 Å². The number of benzene rings is 1. The smallest absolute Gasteiger partial charge is 0.254 e. The molecule has 170 valence electrons. The van der Waals surface area contributed by atoms with Gasteiger partial charge < -0.3 is 15.8 Å². The van der Waals surface area contributed by atoms with Crippen LogP contribution in [-0.4, -0.2) is 38.7 Å². The number of halogens is 1. The highest BCUT2D eigenvalue weighted by atomic mass is 79.9. The Morgan fingerprint density at radius 2 is 1.88 bits per heavy atom. The summed E-state index contributed by atoms with van der Waals surface area (Å²) in [6.45, 7) is 1.90. The van der Waals surface area contributed by atoms with Crippen LogP contribution in [0.2, 0.25) is 0 Å². The first-order valence-corrected chi connectivity index (χ1v) is 11.7. The second kappa shape index (κ2) is 8.30. The molecule has 2 aromatic heterocycles. The summed E-state index contributed by atoms with van der Waals surface area (Å²) in [5.74, 6) is -0.341. The summed E-state index contributed by atoms with van der Waals surface area (Å²) in [5.41, 5.74) is 8.20. The van der Waals surface area contributed by atoms with Crippen LogP contribution in [-0.2, 0) is 0 Å². The predicted molar refractivity (Wildman–Crippen MR) is 125 cm³/mol. The molecule has 2 saturated carbocycles. The van der Waals surface area contributed by atoms with Crippen LogP contribution in [0.1, 0.15) is 52.1 Å². The number of rotatable bonds is 6. The average Bonchev–Trinajstić information content (AvgIpc) is 3.12. The first kappa shape index (κ1) is 21.6. The summed E-state index contributed by atoms with van der Waals surface area (Å²) >= 11 is 3.43. The summed E-state index contributed by atoms with van der Waals surface area (Å²) in [7, 11) is 0. The van der Waals surface area contributed by atoms with Gasteiger partial charge in [0.15, 0.2) is 0 Å². The molecule has 1 spiro atoms. The molecular formula is C24H24BrN5O3. The van der Waals surface area contributed by atoms with Crippen LogP contribution in [0.15, 0.2) is 53.3 Å². The summed E-state index contributed by atoms with van der Waals surface area (Å²) in [5, 5.41) is 7.54. The Bertz CT molecular complexity index is 1210. The van der Waals surface area contributed by atoms with Crippen molar-refractivity contribution in [3.8, 4) is 11.6 Å². The average molecular weight is 510 g/mol. The summed E-state index contributed by atoms with van der Waals surface area (Å²) < 4.78 is 8.68. The third-order valence-electron chi connectivity index (χ3n) is 6.66. The number of hydrogen-bond donors (Lipinski definition) is 2. The van der Waals surface area contributed by atoms with Crippen molar-refractivity contribution in [1.82, 2.24) is 20.1 Å². The van der Waals surface area contributed by atoms with Crippen molar-refractivity contribution in [2.75, 3.05) is 0 Å². The first-order valence-electron chi connectivity index (χ1n) is 10.9. The Hall–Kier alpha value is -3.20. The van der Waals surface area contributed by atoms with E-state index in [0.717, 1.165) is 41.5 Å². The molecule has 9 heteroatoms. The normalized spacial score (nSPS) is 23.5. The predicted octanol–water partition coefficient (Wildman–Crippen LogP) is 3.56. The lowest BCUT2D eigenvalue weighted by Gasteiger charge is -2.57. The molecule has 5 rings (SSSR count). The van der Waals surface area contributed by atoms with Crippen LogP contribution < -0.4 is 15.8 Å². The maximum absolute atomic E-state index is 12.8. The molecule has 2 amide bonds. The highest BCUT2D eigenvalue weighted by Gasteiger charge is 2.54. The van der Waals surface area contributed by atoms with Crippen molar-refractivity contribution in [3.05, 3.63) is 70.1 Å². The highest BCUT2D eigenvalue weighted by molar-refractivity contribution is 9.10. The zero-order valence-electron chi connectivity index (χ0n) is 18.1. The molecule has 3 aromatic rings. The number of nitrogens with two attached hydrogens (primary N) is 1. The SMILES string of the molecule is Cc1c(C(=O)NC2CC3(C2)CC(Oc2ncccc2C(N)=O)C3)cnn1-c1ccc(Br)cc1. The fraction of sp³-hybridized carbons (Fsp3) is 0.333. The van der Waals surface area contributed by atoms with E-state index in [4.69, 9.17) is 10.5 Å². The lowest BCUT2D eigenvalue weighted by molar-refractivity contribution is -0.0848. The number of carbonyl (C=O) groups is 2. The van der Waals surface area contributed by atoms with E-state index in [1.165, 1.54) is 0 Å². The van der Waals surface area contributed by atoms with Crippen molar-refractivity contribution < 1.29 is 14.3 Å². The Kier molecular flexibility index (Phi) is 5.44. The number of primary amides is 1. The van der Waals surface area contributed by atoms with Gasteiger partial charge in [0.25, 0.3) is 11.8 Å². The maximum Gasteiger partial charge on any atom is 0.254 e. The summed E-state index contributed by atoms with van der Waals surface area (Å²) in [6, 6.07) is 11.2. The quantitative estimate of drug-likeness (QED) is 0.527. The highest BCUT2D eigenvalue weighted by Crippen LogP contribution is 2.56. The molecule has 0 saturated heterocycles. The third kappa shape index (κ3) is 4.13. The molecule has 3 N–H and O–H groups in total. The Morgan fingerprint density at radius 3 is 2.58 bits per heavy atom. The van der Waals surface area contributed by atoms with Gasteiger partial charge in [-0.05, 0) is 74.4 Å². The van der Waals surface area contributed by atoms with E-state index in [1.807, 2.05) is 31.2 Å². The molecule has 2 fully saturated rings. The minimum absolute atomic E-state index is 0.0148. The van der Waals surface area contributed by atoms with E-state index in [0.29, 0.717) is 17.0 Å². The van der Waals surface area contributed by atoms with Gasteiger partial charge in [-0.1, -0.05) is 15.9 Å².